The molecular weight excluding hydrogens is 234 g/mol. The molecule has 1 aliphatic rings. The highest BCUT2D eigenvalue weighted by Gasteiger charge is 2.30. The predicted molar refractivity (Wildman–Crippen MR) is 80.2 cm³/mol. The van der Waals surface area contributed by atoms with E-state index in [-0.39, 0.29) is 0 Å². The summed E-state index contributed by atoms with van der Waals surface area (Å²) in [6.07, 6.45) is 7.57. The molecule has 1 fully saturated rings. The maximum absolute atomic E-state index is 4.31. The first-order chi connectivity index (χ1) is 9.17. The molecule has 0 radical (unpaired) electrons. The van der Waals surface area contributed by atoms with Crippen LogP contribution in [0, 0.1) is 6.92 Å². The second-order valence-electron chi connectivity index (χ2n) is 5.85. The van der Waals surface area contributed by atoms with E-state index in [9.17, 15) is 0 Å². The first-order valence-electron chi connectivity index (χ1n) is 7.55. The summed E-state index contributed by atoms with van der Waals surface area (Å²) in [4.78, 5) is 6.89. The molecule has 2 heterocycles. The maximum atomic E-state index is 4.31. The van der Waals surface area contributed by atoms with Crippen molar-refractivity contribution in [3.8, 4) is 0 Å². The third kappa shape index (κ3) is 3.77. The van der Waals surface area contributed by atoms with Gasteiger partial charge in [0, 0.05) is 31.0 Å². The molecule has 3 heteroatoms. The van der Waals surface area contributed by atoms with Gasteiger partial charge in [-0.3, -0.25) is 9.88 Å². The summed E-state index contributed by atoms with van der Waals surface area (Å²) >= 11 is 0. The van der Waals surface area contributed by atoms with Crippen LogP contribution in [0.1, 0.15) is 44.2 Å². The van der Waals surface area contributed by atoms with E-state index in [2.05, 4.69) is 42.0 Å². The quantitative estimate of drug-likeness (QED) is 0.903. The lowest BCUT2D eigenvalue weighted by Gasteiger charge is -2.35. The minimum absolute atomic E-state index is 0.299. The number of aryl methyl sites for hydroxylation is 1. The van der Waals surface area contributed by atoms with Crippen LogP contribution >= 0.6 is 0 Å². The zero-order chi connectivity index (χ0) is 13.7. The molecule has 0 unspecified atom stereocenters. The van der Waals surface area contributed by atoms with E-state index in [0.717, 1.165) is 19.6 Å². The molecule has 0 saturated carbocycles. The van der Waals surface area contributed by atoms with Crippen LogP contribution in [0.5, 0.6) is 0 Å². The van der Waals surface area contributed by atoms with E-state index in [0.29, 0.717) is 5.54 Å². The molecule has 0 amide bonds. The smallest absolute Gasteiger partial charge is 0.0313 e. The molecule has 0 bridgehead atoms. The van der Waals surface area contributed by atoms with Crippen LogP contribution in [0.2, 0.25) is 0 Å². The number of hydrogen-bond acceptors (Lipinski definition) is 3. The summed E-state index contributed by atoms with van der Waals surface area (Å²) in [6, 6.07) is 2.25. The van der Waals surface area contributed by atoms with E-state index in [1.54, 1.807) is 0 Å². The minimum Gasteiger partial charge on any atom is -0.310 e. The van der Waals surface area contributed by atoms with Crippen molar-refractivity contribution in [2.45, 2.75) is 52.1 Å². The highest BCUT2D eigenvalue weighted by atomic mass is 15.2. The lowest BCUT2D eigenvalue weighted by molar-refractivity contribution is 0.191. The van der Waals surface area contributed by atoms with Gasteiger partial charge in [-0.25, -0.2) is 0 Å². The zero-order valence-corrected chi connectivity index (χ0v) is 12.6. The lowest BCUT2D eigenvalue weighted by atomic mass is 9.92. The monoisotopic (exact) mass is 261 g/mol. The summed E-state index contributed by atoms with van der Waals surface area (Å²) in [7, 11) is 0. The topological polar surface area (TPSA) is 28.2 Å². The van der Waals surface area contributed by atoms with Gasteiger partial charge >= 0.3 is 0 Å². The molecule has 3 nitrogen and oxygen atoms in total. The number of rotatable bonds is 4. The van der Waals surface area contributed by atoms with Crippen molar-refractivity contribution in [3.05, 3.63) is 29.6 Å². The number of aromatic nitrogens is 1. The van der Waals surface area contributed by atoms with Gasteiger partial charge in [0.2, 0.25) is 0 Å². The number of hydrogen-bond donors (Lipinski definition) is 1. The highest BCUT2D eigenvalue weighted by Crippen LogP contribution is 2.21. The molecule has 0 spiro atoms. The van der Waals surface area contributed by atoms with Crippen LogP contribution in [-0.4, -0.2) is 35.1 Å². The van der Waals surface area contributed by atoms with Crippen LogP contribution < -0.4 is 5.32 Å². The summed E-state index contributed by atoms with van der Waals surface area (Å²) in [5.74, 6) is 0. The van der Waals surface area contributed by atoms with E-state index < -0.39 is 0 Å². The second-order valence-corrected chi connectivity index (χ2v) is 5.85. The van der Waals surface area contributed by atoms with Crippen LogP contribution in [0.4, 0.5) is 0 Å². The van der Waals surface area contributed by atoms with E-state index in [4.69, 9.17) is 0 Å². The van der Waals surface area contributed by atoms with Crippen LogP contribution in [-0.2, 0) is 6.54 Å². The first kappa shape index (κ1) is 14.5. The molecule has 1 aromatic heterocycles. The van der Waals surface area contributed by atoms with Gasteiger partial charge in [0.25, 0.3) is 0 Å². The van der Waals surface area contributed by atoms with Gasteiger partial charge < -0.3 is 5.32 Å². The van der Waals surface area contributed by atoms with Crippen molar-refractivity contribution in [1.82, 2.24) is 15.2 Å². The van der Waals surface area contributed by atoms with Crippen molar-refractivity contribution in [2.75, 3.05) is 19.6 Å². The second kappa shape index (κ2) is 6.49. The van der Waals surface area contributed by atoms with Crippen LogP contribution in [0.3, 0.4) is 0 Å². The average molecular weight is 261 g/mol. The molecule has 1 aliphatic heterocycles. The Balaban J connectivity index is 2.06. The Morgan fingerprint density at radius 3 is 2.79 bits per heavy atom. The summed E-state index contributed by atoms with van der Waals surface area (Å²) < 4.78 is 0. The van der Waals surface area contributed by atoms with Crippen molar-refractivity contribution < 1.29 is 0 Å². The van der Waals surface area contributed by atoms with Gasteiger partial charge in [0.1, 0.15) is 0 Å². The van der Waals surface area contributed by atoms with E-state index in [1.807, 2.05) is 12.4 Å². The highest BCUT2D eigenvalue weighted by molar-refractivity contribution is 5.16. The average Bonchev–Trinajstić information content (AvgIpc) is 2.62. The summed E-state index contributed by atoms with van der Waals surface area (Å²) in [5, 5.41) is 3.76. The normalized spacial score (nSPS) is 20.2. The van der Waals surface area contributed by atoms with Gasteiger partial charge in [0.15, 0.2) is 0 Å². The minimum atomic E-state index is 0.299. The summed E-state index contributed by atoms with van der Waals surface area (Å²) in [5.41, 5.74) is 2.89. The fraction of sp³-hybridized carbons (Fsp3) is 0.688. The Labute approximate surface area is 117 Å². The van der Waals surface area contributed by atoms with Crippen LogP contribution in [0.15, 0.2) is 18.5 Å². The van der Waals surface area contributed by atoms with Gasteiger partial charge in [-0.2, -0.15) is 0 Å². The van der Waals surface area contributed by atoms with Crippen molar-refractivity contribution >= 4 is 0 Å². The fourth-order valence-corrected chi connectivity index (χ4v) is 3.04. The van der Waals surface area contributed by atoms with Gasteiger partial charge in [-0.15, -0.1) is 0 Å². The molecule has 1 saturated heterocycles. The number of pyridine rings is 1. The Kier molecular flexibility index (Phi) is 4.94. The summed E-state index contributed by atoms with van der Waals surface area (Å²) in [6.45, 7) is 11.2. The molecule has 106 valence electrons. The van der Waals surface area contributed by atoms with Crippen molar-refractivity contribution in [2.24, 2.45) is 0 Å². The Morgan fingerprint density at radius 2 is 2.11 bits per heavy atom. The predicted octanol–water partition coefficient (Wildman–Crippen LogP) is 2.74. The SMILES string of the molecule is CCC1(CC)CN(Cc2cncc(C)c2)CCCN1. The third-order valence-electron chi connectivity index (χ3n) is 4.37. The van der Waals surface area contributed by atoms with Gasteiger partial charge in [0.05, 0.1) is 0 Å². The van der Waals surface area contributed by atoms with Gasteiger partial charge in [-0.05, 0) is 50.4 Å². The Bertz CT molecular complexity index is 399. The molecule has 0 aromatic carbocycles. The molecule has 0 atom stereocenters. The first-order valence-corrected chi connectivity index (χ1v) is 7.55. The largest absolute Gasteiger partial charge is 0.310 e. The molecule has 1 aromatic rings. The zero-order valence-electron chi connectivity index (χ0n) is 12.6. The Morgan fingerprint density at radius 1 is 1.32 bits per heavy atom. The molecular formula is C16H27N3. The molecule has 1 N–H and O–H groups in total. The van der Waals surface area contributed by atoms with E-state index in [1.165, 1.54) is 36.9 Å². The van der Waals surface area contributed by atoms with Crippen molar-refractivity contribution in [3.63, 3.8) is 0 Å². The molecule has 0 aliphatic carbocycles. The maximum Gasteiger partial charge on any atom is 0.0313 e. The fourth-order valence-electron chi connectivity index (χ4n) is 3.04. The van der Waals surface area contributed by atoms with Gasteiger partial charge in [-0.1, -0.05) is 19.9 Å². The van der Waals surface area contributed by atoms with Crippen molar-refractivity contribution in [1.29, 1.82) is 0 Å². The molecule has 2 rings (SSSR count). The standard InChI is InChI=1S/C16H27N3/c1-4-16(5-2)13-19(8-6-7-18-16)12-15-9-14(3)10-17-11-15/h9-11,18H,4-8,12-13H2,1-3H3. The van der Waals surface area contributed by atoms with E-state index >= 15 is 0 Å². The number of nitrogens with one attached hydrogen (secondary N) is 1. The van der Waals surface area contributed by atoms with Crippen LogP contribution in [0.25, 0.3) is 0 Å². The Hall–Kier alpha value is -0.930. The lowest BCUT2D eigenvalue weighted by Crippen LogP contribution is -2.50. The third-order valence-corrected chi connectivity index (χ3v) is 4.37. The molecule has 19 heavy (non-hydrogen) atoms. The number of nitrogens with zero attached hydrogens (tertiary/aromatic N) is 2.